The minimum Gasteiger partial charge on any atom is -0.497 e. The second-order valence-corrected chi connectivity index (χ2v) is 9.64. The maximum atomic E-state index is 13.3. The normalized spacial score (nSPS) is 15.4. The van der Waals surface area contributed by atoms with Gasteiger partial charge in [0.05, 0.1) is 19.4 Å². The molecule has 1 aliphatic heterocycles. The number of rotatable bonds is 5. The van der Waals surface area contributed by atoms with Gasteiger partial charge >= 0.3 is 0 Å². The van der Waals surface area contributed by atoms with Crippen LogP contribution in [0, 0.1) is 6.92 Å². The number of thiophene rings is 1. The summed E-state index contributed by atoms with van der Waals surface area (Å²) < 4.78 is 5.20. The molecule has 6 heteroatoms. The predicted molar refractivity (Wildman–Crippen MR) is 132 cm³/mol. The van der Waals surface area contributed by atoms with Crippen LogP contribution in [-0.4, -0.2) is 37.6 Å². The molecule has 1 aromatic heterocycles. The summed E-state index contributed by atoms with van der Waals surface area (Å²) in [6, 6.07) is 15.3. The van der Waals surface area contributed by atoms with Gasteiger partial charge in [0.25, 0.3) is 0 Å². The summed E-state index contributed by atoms with van der Waals surface area (Å²) in [5.41, 5.74) is 5.98. The number of ether oxygens (including phenoxy) is 1. The summed E-state index contributed by atoms with van der Waals surface area (Å²) in [6.07, 6.45) is 4.29. The number of carbonyl (C=O) groups is 2. The molecule has 33 heavy (non-hydrogen) atoms. The topological polar surface area (TPSA) is 59.0 Å². The minimum atomic E-state index is -0.139. The van der Waals surface area contributed by atoms with Crippen LogP contribution >= 0.6 is 11.3 Å². The molecule has 2 heterocycles. The Labute approximate surface area is 197 Å². The van der Waals surface area contributed by atoms with Gasteiger partial charge in [-0.15, -0.1) is 11.3 Å². The third kappa shape index (κ3) is 4.11. The first-order chi connectivity index (χ1) is 16.0. The van der Waals surface area contributed by atoms with Gasteiger partial charge in [-0.25, -0.2) is 0 Å². The van der Waals surface area contributed by atoms with Gasteiger partial charge in [0, 0.05) is 21.6 Å². The zero-order valence-electron chi connectivity index (χ0n) is 18.9. The molecular formula is C27H26N2O3S. The first-order valence-corrected chi connectivity index (χ1v) is 12.1. The lowest BCUT2D eigenvalue weighted by molar-refractivity contribution is -0.117. The molecule has 0 saturated heterocycles. The van der Waals surface area contributed by atoms with E-state index < -0.39 is 0 Å². The highest BCUT2D eigenvalue weighted by Gasteiger charge is 2.33. The van der Waals surface area contributed by atoms with Crippen LogP contribution in [0.15, 0.2) is 53.5 Å². The highest BCUT2D eigenvalue weighted by atomic mass is 32.1. The molecule has 0 fully saturated rings. The predicted octanol–water partition coefficient (Wildman–Crippen LogP) is 5.01. The van der Waals surface area contributed by atoms with Crippen molar-refractivity contribution >= 4 is 33.7 Å². The van der Waals surface area contributed by atoms with E-state index in [4.69, 9.17) is 9.73 Å². The highest BCUT2D eigenvalue weighted by molar-refractivity contribution is 7.17. The summed E-state index contributed by atoms with van der Waals surface area (Å²) >= 11 is 1.66. The first-order valence-electron chi connectivity index (χ1n) is 11.3. The number of amides is 1. The van der Waals surface area contributed by atoms with Gasteiger partial charge < -0.3 is 4.74 Å². The number of nitrogens with zero attached hydrogens (tertiary/aromatic N) is 2. The van der Waals surface area contributed by atoms with Crippen molar-refractivity contribution in [2.45, 2.75) is 32.6 Å². The summed E-state index contributed by atoms with van der Waals surface area (Å²) in [5.74, 6) is 0.462. The van der Waals surface area contributed by atoms with Gasteiger partial charge in [-0.05, 0) is 68.5 Å². The van der Waals surface area contributed by atoms with E-state index in [0.29, 0.717) is 11.3 Å². The van der Waals surface area contributed by atoms with E-state index in [0.717, 1.165) is 53.1 Å². The number of hydrogen-bond acceptors (Lipinski definition) is 5. The molecule has 0 N–H and O–H groups in total. The van der Waals surface area contributed by atoms with Crippen molar-refractivity contribution < 1.29 is 14.3 Å². The van der Waals surface area contributed by atoms with Crippen LogP contribution in [-0.2, 0) is 17.6 Å². The van der Waals surface area contributed by atoms with Crippen LogP contribution in [0.4, 0.5) is 5.00 Å². The number of Topliss-reactive ketones (excluding diaryl/α,β-unsaturated/α-hetero) is 1. The Morgan fingerprint density at radius 2 is 1.91 bits per heavy atom. The SMILES string of the molecule is COc1ccc(C(=O)CN2C(=O)CN=C(c3cccc(C)c3)c3c2sc2c3CCCC2)cc1. The fourth-order valence-electron chi connectivity index (χ4n) is 4.61. The van der Waals surface area contributed by atoms with Gasteiger partial charge in [-0.2, -0.15) is 0 Å². The summed E-state index contributed by atoms with van der Waals surface area (Å²) in [6.45, 7) is 2.11. The number of hydrogen-bond donors (Lipinski definition) is 0. The molecule has 0 bridgehead atoms. The summed E-state index contributed by atoms with van der Waals surface area (Å²) in [5, 5.41) is 0.867. The lowest BCUT2D eigenvalue weighted by Crippen LogP contribution is -2.36. The van der Waals surface area contributed by atoms with E-state index in [2.05, 4.69) is 25.1 Å². The van der Waals surface area contributed by atoms with Gasteiger partial charge in [-0.3, -0.25) is 19.5 Å². The number of ketones is 1. The van der Waals surface area contributed by atoms with Crippen molar-refractivity contribution in [2.24, 2.45) is 4.99 Å². The van der Waals surface area contributed by atoms with E-state index in [1.807, 2.05) is 6.07 Å². The molecule has 168 valence electrons. The first kappa shape index (κ1) is 21.6. The average molecular weight is 459 g/mol. The lowest BCUT2D eigenvalue weighted by atomic mass is 9.91. The molecule has 0 atom stereocenters. The molecule has 2 aliphatic rings. The molecule has 0 saturated carbocycles. The maximum absolute atomic E-state index is 13.3. The monoisotopic (exact) mass is 458 g/mol. The third-order valence-electron chi connectivity index (χ3n) is 6.31. The second-order valence-electron chi connectivity index (χ2n) is 8.56. The number of fused-ring (bicyclic) bond motifs is 3. The van der Waals surface area contributed by atoms with E-state index in [9.17, 15) is 9.59 Å². The van der Waals surface area contributed by atoms with Crippen LogP contribution in [0.25, 0.3) is 0 Å². The Balaban J connectivity index is 1.57. The Morgan fingerprint density at radius 1 is 1.12 bits per heavy atom. The molecule has 0 unspecified atom stereocenters. The van der Waals surface area contributed by atoms with Gasteiger partial charge in [0.15, 0.2) is 5.78 Å². The van der Waals surface area contributed by atoms with Crippen LogP contribution < -0.4 is 9.64 Å². The highest BCUT2D eigenvalue weighted by Crippen LogP contribution is 2.42. The number of methoxy groups -OCH3 is 1. The van der Waals surface area contributed by atoms with E-state index in [-0.39, 0.29) is 24.8 Å². The molecule has 1 amide bonds. The number of carbonyl (C=O) groups excluding carboxylic acids is 2. The fourth-order valence-corrected chi connectivity index (χ4v) is 6.02. The molecule has 5 nitrogen and oxygen atoms in total. The molecule has 2 aromatic carbocycles. The summed E-state index contributed by atoms with van der Waals surface area (Å²) in [4.78, 5) is 34.2. The van der Waals surface area contributed by atoms with Crippen molar-refractivity contribution in [3.05, 3.63) is 81.2 Å². The third-order valence-corrected chi connectivity index (χ3v) is 7.63. The van der Waals surface area contributed by atoms with Crippen LogP contribution in [0.3, 0.4) is 0 Å². The quantitative estimate of drug-likeness (QED) is 0.505. The molecule has 0 radical (unpaired) electrons. The van der Waals surface area contributed by atoms with E-state index >= 15 is 0 Å². The Kier molecular flexibility index (Phi) is 5.85. The van der Waals surface area contributed by atoms with Crippen molar-refractivity contribution in [3.8, 4) is 5.75 Å². The number of benzene rings is 2. The second kappa shape index (κ2) is 8.94. The lowest BCUT2D eigenvalue weighted by Gasteiger charge is -2.20. The van der Waals surface area contributed by atoms with Gasteiger partial charge in [0.2, 0.25) is 5.91 Å². The largest absolute Gasteiger partial charge is 0.497 e. The Morgan fingerprint density at radius 3 is 2.67 bits per heavy atom. The maximum Gasteiger partial charge on any atom is 0.249 e. The zero-order chi connectivity index (χ0) is 22.9. The van der Waals surface area contributed by atoms with Crippen LogP contribution in [0.5, 0.6) is 5.75 Å². The van der Waals surface area contributed by atoms with Crippen molar-refractivity contribution in [3.63, 3.8) is 0 Å². The Bertz CT molecular complexity index is 1260. The van der Waals surface area contributed by atoms with E-state index in [1.54, 1.807) is 47.6 Å². The molecular weight excluding hydrogens is 432 g/mol. The molecule has 5 rings (SSSR count). The molecule has 0 spiro atoms. The standard InChI is InChI=1S/C27H26N2O3S/c1-17-6-5-7-19(14-17)26-25-21-8-3-4-9-23(21)33-27(25)29(24(31)15-28-26)16-22(30)18-10-12-20(32-2)13-11-18/h5-7,10-14H,3-4,8-9,15-16H2,1-2H3. The fraction of sp³-hybridized carbons (Fsp3) is 0.296. The van der Waals surface area contributed by atoms with Crippen molar-refractivity contribution in [1.29, 1.82) is 0 Å². The van der Waals surface area contributed by atoms with E-state index in [1.165, 1.54) is 10.4 Å². The number of aliphatic imine (C=N–C) groups is 1. The van der Waals surface area contributed by atoms with Crippen molar-refractivity contribution in [1.82, 2.24) is 0 Å². The number of aryl methyl sites for hydroxylation is 2. The van der Waals surface area contributed by atoms with Crippen LogP contribution in [0.2, 0.25) is 0 Å². The van der Waals surface area contributed by atoms with Crippen molar-refractivity contribution in [2.75, 3.05) is 25.1 Å². The zero-order valence-corrected chi connectivity index (χ0v) is 19.7. The summed E-state index contributed by atoms with van der Waals surface area (Å²) in [7, 11) is 1.60. The van der Waals surface area contributed by atoms with Crippen LogP contribution in [0.1, 0.15) is 50.3 Å². The molecule has 3 aromatic rings. The minimum absolute atomic E-state index is 0.00811. The Hall–Kier alpha value is -3.25. The number of anilines is 1. The van der Waals surface area contributed by atoms with Gasteiger partial charge in [0.1, 0.15) is 17.3 Å². The molecule has 1 aliphatic carbocycles. The van der Waals surface area contributed by atoms with Gasteiger partial charge in [-0.1, -0.05) is 23.8 Å². The average Bonchev–Trinajstić information content (AvgIpc) is 3.15. The smallest absolute Gasteiger partial charge is 0.249 e.